The normalized spacial score (nSPS) is 45.9. The molecule has 1 amide bonds. The van der Waals surface area contributed by atoms with Crippen LogP contribution in [-0.4, -0.2) is 29.4 Å². The highest BCUT2D eigenvalue weighted by Gasteiger charge is 2.65. The zero-order valence-corrected chi connectivity index (χ0v) is 16.9. The fraction of sp³-hybridized carbons (Fsp3) is 0.708. The Kier molecular flexibility index (Phi) is 3.82. The van der Waals surface area contributed by atoms with E-state index < -0.39 is 0 Å². The first-order chi connectivity index (χ1) is 12.8. The molecule has 2 N–H and O–H groups in total. The van der Waals surface area contributed by atoms with Gasteiger partial charge < -0.3 is 10.6 Å². The van der Waals surface area contributed by atoms with Crippen molar-refractivity contribution in [2.45, 2.75) is 82.7 Å². The molecule has 5 fully saturated rings. The van der Waals surface area contributed by atoms with Gasteiger partial charge in [-0.05, 0) is 80.6 Å². The van der Waals surface area contributed by atoms with Crippen molar-refractivity contribution in [2.24, 2.45) is 22.5 Å². The van der Waals surface area contributed by atoms with Gasteiger partial charge in [0.15, 0.2) is 0 Å². The lowest BCUT2D eigenvalue weighted by molar-refractivity contribution is -0.173. The van der Waals surface area contributed by atoms with Crippen LogP contribution in [0.3, 0.4) is 0 Å². The van der Waals surface area contributed by atoms with Crippen molar-refractivity contribution >= 4 is 5.91 Å². The molecule has 4 bridgehead atoms. The number of amides is 1. The molecule has 1 aromatic rings. The van der Waals surface area contributed by atoms with Crippen LogP contribution in [0.25, 0.3) is 0 Å². The van der Waals surface area contributed by atoms with Crippen molar-refractivity contribution in [2.75, 3.05) is 6.54 Å². The van der Waals surface area contributed by atoms with E-state index >= 15 is 0 Å². The maximum atomic E-state index is 14.0. The van der Waals surface area contributed by atoms with Crippen molar-refractivity contribution in [3.8, 4) is 0 Å². The lowest BCUT2D eigenvalue weighted by atomic mass is 9.38. The molecule has 6 rings (SSSR count). The molecule has 6 unspecified atom stereocenters. The third kappa shape index (κ3) is 2.68. The minimum atomic E-state index is -0.139. The highest BCUT2D eigenvalue weighted by Crippen LogP contribution is 2.70. The van der Waals surface area contributed by atoms with Crippen LogP contribution in [0.4, 0.5) is 0 Å². The minimum Gasteiger partial charge on any atom is -0.339 e. The summed E-state index contributed by atoms with van der Waals surface area (Å²) in [6.45, 7) is 5.52. The SMILES string of the molecule is CC1CC(N)CCN1C(=O)C12CC3CC(C)(C1)CC(c1ccccc1)(C3)C2. The standard InChI is InChI=1S/C24H34N2O/c1-17-10-20(25)8-9-26(17)21(27)24-13-18-11-22(2,15-24)14-23(12-18,16-24)19-6-4-3-5-7-19/h3-7,17-18,20H,8-16,25H2,1-2H3. The summed E-state index contributed by atoms with van der Waals surface area (Å²) in [6.07, 6.45) is 9.03. The summed E-state index contributed by atoms with van der Waals surface area (Å²) >= 11 is 0. The van der Waals surface area contributed by atoms with Crippen molar-refractivity contribution in [1.82, 2.24) is 4.90 Å². The van der Waals surface area contributed by atoms with E-state index in [4.69, 9.17) is 5.73 Å². The smallest absolute Gasteiger partial charge is 0.229 e. The minimum absolute atomic E-state index is 0.139. The molecule has 3 heteroatoms. The van der Waals surface area contributed by atoms with Gasteiger partial charge in [0.05, 0.1) is 5.41 Å². The van der Waals surface area contributed by atoms with Crippen LogP contribution in [0, 0.1) is 16.7 Å². The van der Waals surface area contributed by atoms with Gasteiger partial charge in [-0.15, -0.1) is 0 Å². The highest BCUT2D eigenvalue weighted by molar-refractivity contribution is 5.84. The quantitative estimate of drug-likeness (QED) is 0.850. The van der Waals surface area contributed by atoms with Gasteiger partial charge in [-0.2, -0.15) is 0 Å². The third-order valence-electron chi connectivity index (χ3n) is 8.36. The molecule has 1 saturated heterocycles. The number of carbonyl (C=O) groups excluding carboxylic acids is 1. The number of benzene rings is 1. The van der Waals surface area contributed by atoms with Crippen LogP contribution in [0.15, 0.2) is 30.3 Å². The van der Waals surface area contributed by atoms with E-state index in [9.17, 15) is 4.79 Å². The van der Waals surface area contributed by atoms with Gasteiger partial charge in [0.1, 0.15) is 0 Å². The molecule has 5 aliphatic rings. The van der Waals surface area contributed by atoms with E-state index in [-0.39, 0.29) is 22.9 Å². The average Bonchev–Trinajstić information content (AvgIpc) is 2.60. The summed E-state index contributed by atoms with van der Waals surface area (Å²) in [4.78, 5) is 16.2. The number of rotatable bonds is 2. The Morgan fingerprint density at radius 1 is 1.11 bits per heavy atom. The van der Waals surface area contributed by atoms with E-state index in [1.54, 1.807) is 0 Å². The zero-order chi connectivity index (χ0) is 18.9. The van der Waals surface area contributed by atoms with E-state index in [0.29, 0.717) is 17.2 Å². The Balaban J connectivity index is 1.52. The molecule has 27 heavy (non-hydrogen) atoms. The van der Waals surface area contributed by atoms with E-state index in [1.807, 2.05) is 0 Å². The van der Waals surface area contributed by atoms with Gasteiger partial charge in [-0.1, -0.05) is 37.3 Å². The molecule has 0 spiro atoms. The van der Waals surface area contributed by atoms with Crippen LogP contribution < -0.4 is 5.73 Å². The molecule has 0 aromatic heterocycles. The van der Waals surface area contributed by atoms with Gasteiger partial charge in [0, 0.05) is 18.6 Å². The van der Waals surface area contributed by atoms with Crippen molar-refractivity contribution in [3.63, 3.8) is 0 Å². The van der Waals surface area contributed by atoms with Crippen LogP contribution >= 0.6 is 0 Å². The van der Waals surface area contributed by atoms with Crippen LogP contribution in [-0.2, 0) is 10.2 Å². The number of likely N-dealkylation sites (tertiary alicyclic amines) is 1. The Morgan fingerprint density at radius 3 is 2.59 bits per heavy atom. The predicted molar refractivity (Wildman–Crippen MR) is 108 cm³/mol. The van der Waals surface area contributed by atoms with Crippen LogP contribution in [0.2, 0.25) is 0 Å². The fourth-order valence-corrected chi connectivity index (χ4v) is 8.09. The second-order valence-corrected chi connectivity index (χ2v) is 10.9. The van der Waals surface area contributed by atoms with E-state index in [2.05, 4.69) is 49.1 Å². The monoisotopic (exact) mass is 366 g/mol. The molecule has 1 aliphatic heterocycles. The molecule has 1 heterocycles. The zero-order valence-electron chi connectivity index (χ0n) is 16.9. The average molecular weight is 367 g/mol. The molecule has 4 saturated carbocycles. The number of piperidine rings is 1. The summed E-state index contributed by atoms with van der Waals surface area (Å²) in [5, 5.41) is 0. The maximum Gasteiger partial charge on any atom is 0.229 e. The maximum absolute atomic E-state index is 14.0. The topological polar surface area (TPSA) is 46.3 Å². The summed E-state index contributed by atoms with van der Waals surface area (Å²) in [7, 11) is 0. The second-order valence-electron chi connectivity index (χ2n) is 10.9. The van der Waals surface area contributed by atoms with Crippen molar-refractivity contribution in [3.05, 3.63) is 35.9 Å². The number of hydrogen-bond donors (Lipinski definition) is 1. The lowest BCUT2D eigenvalue weighted by Gasteiger charge is -2.66. The molecule has 3 nitrogen and oxygen atoms in total. The van der Waals surface area contributed by atoms with Crippen molar-refractivity contribution < 1.29 is 4.79 Å². The molecule has 6 atom stereocenters. The van der Waals surface area contributed by atoms with Gasteiger partial charge >= 0.3 is 0 Å². The Bertz CT molecular complexity index is 748. The van der Waals surface area contributed by atoms with E-state index in [1.165, 1.54) is 24.8 Å². The largest absolute Gasteiger partial charge is 0.339 e. The number of carbonyl (C=O) groups is 1. The fourth-order valence-electron chi connectivity index (χ4n) is 8.09. The highest BCUT2D eigenvalue weighted by atomic mass is 16.2. The van der Waals surface area contributed by atoms with Crippen LogP contribution in [0.5, 0.6) is 0 Å². The van der Waals surface area contributed by atoms with Gasteiger partial charge in [0.25, 0.3) is 0 Å². The summed E-state index contributed by atoms with van der Waals surface area (Å²) in [5.74, 6) is 1.16. The molecular weight excluding hydrogens is 332 g/mol. The second kappa shape index (κ2) is 5.83. The first-order valence-electron chi connectivity index (χ1n) is 11.0. The number of nitrogens with zero attached hydrogens (tertiary/aromatic N) is 1. The predicted octanol–water partition coefficient (Wildman–Crippen LogP) is 4.25. The Morgan fingerprint density at radius 2 is 1.89 bits per heavy atom. The van der Waals surface area contributed by atoms with Gasteiger partial charge in [-0.3, -0.25) is 4.79 Å². The molecule has 4 aliphatic carbocycles. The van der Waals surface area contributed by atoms with Gasteiger partial charge in [-0.25, -0.2) is 0 Å². The Labute approximate surface area is 163 Å². The molecule has 0 radical (unpaired) electrons. The van der Waals surface area contributed by atoms with Crippen LogP contribution in [0.1, 0.15) is 70.8 Å². The first-order valence-corrected chi connectivity index (χ1v) is 11.0. The number of hydrogen-bond acceptors (Lipinski definition) is 2. The van der Waals surface area contributed by atoms with Gasteiger partial charge in [0.2, 0.25) is 5.91 Å². The number of nitrogens with two attached hydrogens (primary N) is 1. The summed E-state index contributed by atoms with van der Waals surface area (Å²) in [6, 6.07) is 11.7. The first kappa shape index (κ1) is 17.7. The molecule has 146 valence electrons. The molecule has 1 aromatic carbocycles. The van der Waals surface area contributed by atoms with Crippen molar-refractivity contribution in [1.29, 1.82) is 0 Å². The Hall–Kier alpha value is -1.35. The van der Waals surface area contributed by atoms with E-state index in [0.717, 1.165) is 38.6 Å². The third-order valence-corrected chi connectivity index (χ3v) is 8.36. The summed E-state index contributed by atoms with van der Waals surface area (Å²) in [5.41, 5.74) is 8.04. The lowest BCUT2D eigenvalue weighted by Crippen LogP contribution is -2.64. The summed E-state index contributed by atoms with van der Waals surface area (Å²) < 4.78 is 0. The molecular formula is C24H34N2O.